The lowest BCUT2D eigenvalue weighted by molar-refractivity contribution is -0.384. The summed E-state index contributed by atoms with van der Waals surface area (Å²) in [7, 11) is 1.45. The van der Waals surface area contributed by atoms with Crippen molar-refractivity contribution in [3.8, 4) is 5.75 Å². The minimum Gasteiger partial charge on any atom is -0.495 e. The van der Waals surface area contributed by atoms with Gasteiger partial charge in [0.15, 0.2) is 0 Å². The molecular weight excluding hydrogens is 267 g/mol. The van der Waals surface area contributed by atoms with Crippen LogP contribution in [0, 0.1) is 10.1 Å². The van der Waals surface area contributed by atoms with Crippen LogP contribution in [0.3, 0.4) is 0 Å². The highest BCUT2D eigenvalue weighted by atomic mass is 35.5. The third kappa shape index (κ3) is 1.99. The number of ether oxygens (including phenoxy) is 1. The quantitative estimate of drug-likeness (QED) is 0.620. The lowest BCUT2D eigenvalue weighted by atomic mass is 10.2. The van der Waals surface area contributed by atoms with E-state index in [-0.39, 0.29) is 10.7 Å². The van der Waals surface area contributed by atoms with Crippen molar-refractivity contribution in [2.75, 3.05) is 7.11 Å². The molecule has 17 heavy (non-hydrogen) atoms. The second kappa shape index (κ2) is 4.35. The van der Waals surface area contributed by atoms with Gasteiger partial charge in [0.25, 0.3) is 0 Å². The maximum Gasteiger partial charge on any atom is 0.306 e. The van der Waals surface area contributed by atoms with Crippen LogP contribution in [-0.2, 0) is 0 Å². The van der Waals surface area contributed by atoms with Crippen LogP contribution >= 0.6 is 23.2 Å². The zero-order valence-corrected chi connectivity index (χ0v) is 10.1. The summed E-state index contributed by atoms with van der Waals surface area (Å²) in [6, 6.07) is 3.07. The molecule has 88 valence electrons. The van der Waals surface area contributed by atoms with Crippen LogP contribution in [0.2, 0.25) is 10.0 Å². The van der Waals surface area contributed by atoms with Gasteiger partial charge in [0, 0.05) is 5.39 Å². The largest absolute Gasteiger partial charge is 0.495 e. The summed E-state index contributed by atoms with van der Waals surface area (Å²) in [6.07, 6.45) is 1.10. The summed E-state index contributed by atoms with van der Waals surface area (Å²) < 4.78 is 5.02. The number of hydrogen-bond donors (Lipinski definition) is 0. The smallest absolute Gasteiger partial charge is 0.306 e. The minimum absolute atomic E-state index is 0.0231. The Morgan fingerprint density at radius 1 is 1.41 bits per heavy atom. The normalized spacial score (nSPS) is 10.5. The topological polar surface area (TPSA) is 65.3 Å². The Morgan fingerprint density at radius 2 is 2.12 bits per heavy atom. The first-order chi connectivity index (χ1) is 8.04. The molecule has 7 heteroatoms. The van der Waals surface area contributed by atoms with E-state index in [9.17, 15) is 10.1 Å². The lowest BCUT2D eigenvalue weighted by Crippen LogP contribution is -1.93. The third-order valence-electron chi connectivity index (χ3n) is 2.25. The maximum atomic E-state index is 10.7. The Balaban J connectivity index is 2.80. The van der Waals surface area contributed by atoms with E-state index in [0.29, 0.717) is 21.7 Å². The second-order valence-electron chi connectivity index (χ2n) is 3.22. The van der Waals surface area contributed by atoms with Gasteiger partial charge in [-0.1, -0.05) is 23.2 Å². The molecule has 0 saturated carbocycles. The average Bonchev–Trinajstić information content (AvgIpc) is 2.28. The van der Waals surface area contributed by atoms with Gasteiger partial charge in [-0.3, -0.25) is 10.1 Å². The Morgan fingerprint density at radius 3 is 2.71 bits per heavy atom. The zero-order valence-electron chi connectivity index (χ0n) is 8.61. The number of aromatic nitrogens is 1. The molecule has 0 bridgehead atoms. The zero-order chi connectivity index (χ0) is 12.6. The monoisotopic (exact) mass is 272 g/mol. The van der Waals surface area contributed by atoms with Crippen molar-refractivity contribution in [3.05, 3.63) is 38.5 Å². The van der Waals surface area contributed by atoms with E-state index >= 15 is 0 Å². The molecule has 0 N–H and O–H groups in total. The van der Waals surface area contributed by atoms with Gasteiger partial charge in [0.2, 0.25) is 0 Å². The first-order valence-corrected chi connectivity index (χ1v) is 5.26. The number of rotatable bonds is 2. The predicted octanol–water partition coefficient (Wildman–Crippen LogP) is 3.46. The van der Waals surface area contributed by atoms with Crippen LogP contribution in [-0.4, -0.2) is 17.0 Å². The first-order valence-electron chi connectivity index (χ1n) is 4.50. The summed E-state index contributed by atoms with van der Waals surface area (Å²) in [5.41, 5.74) is 0.231. The number of hydrogen-bond acceptors (Lipinski definition) is 4. The fourth-order valence-electron chi connectivity index (χ4n) is 1.43. The molecule has 0 spiro atoms. The van der Waals surface area contributed by atoms with E-state index in [1.165, 1.54) is 13.2 Å². The Kier molecular flexibility index (Phi) is 3.04. The summed E-state index contributed by atoms with van der Waals surface area (Å²) in [5, 5.41) is 11.5. The molecule has 0 aliphatic rings. The molecule has 0 aliphatic heterocycles. The van der Waals surface area contributed by atoms with Crippen molar-refractivity contribution < 1.29 is 9.66 Å². The molecule has 1 aromatic heterocycles. The second-order valence-corrected chi connectivity index (χ2v) is 4.00. The Labute approximate surface area is 106 Å². The van der Waals surface area contributed by atoms with Crippen LogP contribution in [0.1, 0.15) is 0 Å². The number of halogens is 2. The fraction of sp³-hybridized carbons (Fsp3) is 0.100. The van der Waals surface area contributed by atoms with Crippen LogP contribution in [0.5, 0.6) is 5.75 Å². The number of pyridine rings is 1. The van der Waals surface area contributed by atoms with Gasteiger partial charge in [-0.15, -0.1) is 0 Å². The van der Waals surface area contributed by atoms with Gasteiger partial charge in [0.1, 0.15) is 17.0 Å². The van der Waals surface area contributed by atoms with E-state index in [1.54, 1.807) is 6.07 Å². The molecule has 2 aromatic rings. The molecule has 0 saturated heterocycles. The van der Waals surface area contributed by atoms with Gasteiger partial charge in [0.05, 0.1) is 22.6 Å². The molecule has 0 amide bonds. The Bertz CT molecular complexity index is 616. The highest BCUT2D eigenvalue weighted by Gasteiger charge is 2.17. The van der Waals surface area contributed by atoms with E-state index in [0.717, 1.165) is 6.20 Å². The lowest BCUT2D eigenvalue weighted by Gasteiger charge is -2.06. The van der Waals surface area contributed by atoms with Crippen molar-refractivity contribution in [2.24, 2.45) is 0 Å². The summed E-state index contributed by atoms with van der Waals surface area (Å²) in [6.45, 7) is 0. The summed E-state index contributed by atoms with van der Waals surface area (Å²) >= 11 is 11.9. The van der Waals surface area contributed by atoms with E-state index in [1.807, 2.05) is 0 Å². The van der Waals surface area contributed by atoms with Crippen molar-refractivity contribution in [1.29, 1.82) is 0 Å². The molecule has 0 unspecified atom stereocenters. The van der Waals surface area contributed by atoms with Crippen molar-refractivity contribution in [3.63, 3.8) is 0 Å². The number of methoxy groups -OCH3 is 1. The molecule has 0 atom stereocenters. The van der Waals surface area contributed by atoms with Crippen molar-refractivity contribution in [1.82, 2.24) is 4.98 Å². The number of fused-ring (bicyclic) bond motifs is 1. The van der Waals surface area contributed by atoms with E-state index in [2.05, 4.69) is 4.98 Å². The van der Waals surface area contributed by atoms with Gasteiger partial charge in [-0.2, -0.15) is 0 Å². The maximum absolute atomic E-state index is 10.7. The molecular formula is C10H6Cl2N2O3. The van der Waals surface area contributed by atoms with E-state index in [4.69, 9.17) is 27.9 Å². The highest BCUT2D eigenvalue weighted by molar-refractivity contribution is 6.38. The van der Waals surface area contributed by atoms with Gasteiger partial charge < -0.3 is 4.74 Å². The van der Waals surface area contributed by atoms with Gasteiger partial charge >= 0.3 is 5.69 Å². The standard InChI is InChI=1S/C10H6Cl2N2O3/c1-17-9-2-5-7(3-6(9)11)13-4-8(10(5)12)14(15)16/h2-4H,1H3. The third-order valence-corrected chi connectivity index (χ3v) is 2.95. The van der Waals surface area contributed by atoms with Crippen molar-refractivity contribution >= 4 is 39.8 Å². The molecule has 2 rings (SSSR count). The molecule has 0 aliphatic carbocycles. The van der Waals surface area contributed by atoms with Gasteiger partial charge in [-0.05, 0) is 12.1 Å². The number of nitrogens with zero attached hydrogens (tertiary/aromatic N) is 2. The molecule has 1 heterocycles. The fourth-order valence-corrected chi connectivity index (χ4v) is 1.94. The van der Waals surface area contributed by atoms with Crippen LogP contribution < -0.4 is 4.74 Å². The van der Waals surface area contributed by atoms with Crippen LogP contribution in [0.25, 0.3) is 10.9 Å². The first kappa shape index (κ1) is 11.9. The number of benzene rings is 1. The van der Waals surface area contributed by atoms with E-state index < -0.39 is 4.92 Å². The Hall–Kier alpha value is -1.59. The average molecular weight is 273 g/mol. The van der Waals surface area contributed by atoms with Crippen LogP contribution in [0.4, 0.5) is 5.69 Å². The predicted molar refractivity (Wildman–Crippen MR) is 65.0 cm³/mol. The SMILES string of the molecule is COc1cc2c(Cl)c([N+](=O)[O-])cnc2cc1Cl. The molecule has 0 radical (unpaired) electrons. The van der Waals surface area contributed by atoms with Gasteiger partial charge in [-0.25, -0.2) is 4.98 Å². The summed E-state index contributed by atoms with van der Waals surface area (Å²) in [4.78, 5) is 14.1. The molecule has 0 fully saturated rings. The summed E-state index contributed by atoms with van der Waals surface area (Å²) in [5.74, 6) is 0.392. The highest BCUT2D eigenvalue weighted by Crippen LogP contribution is 2.36. The molecule has 5 nitrogen and oxygen atoms in total. The number of nitro groups is 1. The van der Waals surface area contributed by atoms with Crippen LogP contribution in [0.15, 0.2) is 18.3 Å². The molecule has 1 aromatic carbocycles. The minimum atomic E-state index is -0.587. The van der Waals surface area contributed by atoms with Crippen molar-refractivity contribution in [2.45, 2.75) is 0 Å².